The Morgan fingerprint density at radius 2 is 1.81 bits per heavy atom. The molecule has 0 unspecified atom stereocenters. The van der Waals surface area contributed by atoms with Gasteiger partial charge < -0.3 is 15.6 Å². The van der Waals surface area contributed by atoms with E-state index in [0.29, 0.717) is 13.2 Å². The van der Waals surface area contributed by atoms with Crippen molar-refractivity contribution >= 4 is 13.9 Å². The Morgan fingerprint density at radius 3 is 2.41 bits per heavy atom. The largest absolute Gasteiger partial charge is 0.494 e. The van der Waals surface area contributed by atoms with Gasteiger partial charge in [0.1, 0.15) is 29.8 Å². The van der Waals surface area contributed by atoms with Crippen LogP contribution >= 0.6 is 0 Å². The smallest absolute Gasteiger partial charge is 0.333 e. The minimum Gasteiger partial charge on any atom is -0.494 e. The van der Waals surface area contributed by atoms with Crippen LogP contribution in [0.25, 0.3) is 0 Å². The van der Waals surface area contributed by atoms with E-state index in [9.17, 15) is 14.7 Å². The summed E-state index contributed by atoms with van der Waals surface area (Å²) in [5.41, 5.74) is 4.05. The van der Waals surface area contributed by atoms with Gasteiger partial charge >= 0.3 is 5.69 Å². The minimum atomic E-state index is -1.16. The van der Waals surface area contributed by atoms with E-state index in [2.05, 4.69) is 34.4 Å². The number of amidine groups is 1. The zero-order chi connectivity index (χ0) is 27.3. The third kappa shape index (κ3) is 6.98. The van der Waals surface area contributed by atoms with E-state index in [1.807, 2.05) is 13.8 Å². The molecule has 1 fully saturated rings. The molecule has 1 aliphatic rings. The molecule has 0 atom stereocenters. The van der Waals surface area contributed by atoms with E-state index >= 15 is 0 Å². The molecule has 11 nitrogen and oxygen atoms in total. The maximum absolute atomic E-state index is 13.1. The fourth-order valence-corrected chi connectivity index (χ4v) is 5.61. The number of nitrogens with one attached hydrogen (secondary N) is 1. The number of rotatable bonds is 12. The molecule has 2 aromatic heterocycles. The van der Waals surface area contributed by atoms with Crippen molar-refractivity contribution < 1.29 is 9.84 Å². The van der Waals surface area contributed by atoms with E-state index in [0.717, 1.165) is 61.0 Å². The third-order valence-electron chi connectivity index (χ3n) is 7.24. The lowest BCUT2D eigenvalue weighted by atomic mass is 9.81. The van der Waals surface area contributed by atoms with Crippen LogP contribution in [0.15, 0.2) is 9.59 Å². The number of ether oxygens (including phenoxy) is 1. The number of nitrogens with two attached hydrogens (primary N) is 1. The lowest BCUT2D eigenvalue weighted by Gasteiger charge is -2.29. The summed E-state index contributed by atoms with van der Waals surface area (Å²) < 4.78 is 10.3. The van der Waals surface area contributed by atoms with Gasteiger partial charge in [-0.25, -0.2) is 4.79 Å². The van der Waals surface area contributed by atoms with Crippen LogP contribution in [0, 0.1) is 18.3 Å². The lowest BCUT2D eigenvalue weighted by molar-refractivity contribution is 0.0817. The van der Waals surface area contributed by atoms with Gasteiger partial charge in [0.2, 0.25) is 5.88 Å². The van der Waals surface area contributed by atoms with Crippen molar-refractivity contribution in [3.8, 4) is 5.88 Å². The molecule has 206 valence electrons. The van der Waals surface area contributed by atoms with Gasteiger partial charge in [-0.05, 0) is 51.0 Å². The zero-order valence-electron chi connectivity index (χ0n) is 22.9. The fourth-order valence-electron chi connectivity index (χ4n) is 4.86. The molecule has 0 spiro atoms. The molecule has 0 radical (unpaired) electrons. The average molecular weight is 534 g/mol. The van der Waals surface area contributed by atoms with Crippen molar-refractivity contribution in [2.45, 2.75) is 104 Å². The van der Waals surface area contributed by atoms with Crippen molar-refractivity contribution in [2.75, 3.05) is 6.61 Å². The third-order valence-corrected chi connectivity index (χ3v) is 8.94. The maximum atomic E-state index is 13.1. The van der Waals surface area contributed by atoms with Crippen LogP contribution in [0.3, 0.4) is 0 Å². The van der Waals surface area contributed by atoms with Crippen molar-refractivity contribution in [1.82, 2.24) is 23.9 Å². The van der Waals surface area contributed by atoms with Crippen LogP contribution in [0.1, 0.15) is 68.6 Å². The first-order chi connectivity index (χ1) is 17.4. The Hall–Kier alpha value is -2.73. The number of hydrogen-bond donors (Lipinski definition) is 3. The highest BCUT2D eigenvalue weighted by Gasteiger charge is 2.29. The minimum absolute atomic E-state index is 0.141. The summed E-state index contributed by atoms with van der Waals surface area (Å²) in [5, 5.41) is 27.2. The van der Waals surface area contributed by atoms with Crippen LogP contribution in [0.5, 0.6) is 5.88 Å². The number of aromatic hydroxyl groups is 1. The molecule has 0 bridgehead atoms. The van der Waals surface area contributed by atoms with Crippen LogP contribution in [0.4, 0.5) is 0 Å². The Balaban J connectivity index is 1.71. The number of nitrogens with zero attached hydrogens (tertiary/aromatic N) is 5. The molecule has 12 heteroatoms. The second-order valence-corrected chi connectivity index (χ2v) is 17.0. The predicted octanol–water partition coefficient (Wildman–Crippen LogP) is 2.99. The Labute approximate surface area is 219 Å². The second kappa shape index (κ2) is 12.2. The Morgan fingerprint density at radius 1 is 1.14 bits per heavy atom. The van der Waals surface area contributed by atoms with Gasteiger partial charge in [0.25, 0.3) is 5.56 Å². The van der Waals surface area contributed by atoms with Crippen LogP contribution in [-0.4, -0.2) is 49.5 Å². The first-order valence-electron chi connectivity index (χ1n) is 13.3. The molecule has 4 N–H and O–H groups in total. The van der Waals surface area contributed by atoms with Gasteiger partial charge in [0.15, 0.2) is 0 Å². The van der Waals surface area contributed by atoms with Gasteiger partial charge in [-0.2, -0.15) is 0 Å². The maximum Gasteiger partial charge on any atom is 0.333 e. The van der Waals surface area contributed by atoms with Gasteiger partial charge in [0.05, 0.1) is 0 Å². The number of aromatic nitrogens is 5. The average Bonchev–Trinajstić information content (AvgIpc) is 3.19. The molecule has 37 heavy (non-hydrogen) atoms. The molecule has 0 amide bonds. The molecule has 2 aromatic rings. The number of hydrogen-bond acceptors (Lipinski definition) is 7. The highest BCUT2D eigenvalue weighted by Crippen LogP contribution is 2.36. The second-order valence-electron chi connectivity index (χ2n) is 11.4. The predicted molar refractivity (Wildman–Crippen MR) is 146 cm³/mol. The normalized spacial score (nSPS) is 18.3. The Kier molecular flexibility index (Phi) is 9.51. The molecular weight excluding hydrogens is 490 g/mol. The molecular formula is C25H43N7O4Si. The number of nitrogen functional groups attached to an aromatic ring is 1. The van der Waals surface area contributed by atoms with E-state index in [4.69, 9.17) is 15.9 Å². The van der Waals surface area contributed by atoms with Gasteiger partial charge in [-0.1, -0.05) is 33.0 Å². The van der Waals surface area contributed by atoms with E-state index in [1.54, 1.807) is 0 Å². The SMILES string of the molecule is CCCCn1c(=O)c(C(=N)N)c(O)n(CC2CCC(c3nnc(C)n3COCC[Si](C)(C)C)CC2)c1=O. The van der Waals surface area contributed by atoms with Crippen molar-refractivity contribution in [2.24, 2.45) is 11.7 Å². The van der Waals surface area contributed by atoms with E-state index in [1.165, 1.54) is 4.57 Å². The molecule has 2 heterocycles. The monoisotopic (exact) mass is 533 g/mol. The summed E-state index contributed by atoms with van der Waals surface area (Å²) in [5.74, 6) is 1.12. The van der Waals surface area contributed by atoms with Crippen LogP contribution < -0.4 is 17.0 Å². The molecule has 0 saturated heterocycles. The first-order valence-corrected chi connectivity index (χ1v) is 17.0. The standard InChI is InChI=1S/C25H43N7O4Si/c1-6-7-12-30-23(33)20(21(26)27)24(34)31(25(30)35)15-18-8-10-19(11-9-18)22-29-28-17(2)32(22)16-36-13-14-37(3,4)5/h18-19,34H,6-16H2,1-5H3,(H3,26,27). The summed E-state index contributed by atoms with van der Waals surface area (Å²) in [7, 11) is -1.16. The van der Waals surface area contributed by atoms with Crippen molar-refractivity contribution in [3.63, 3.8) is 0 Å². The van der Waals surface area contributed by atoms with E-state index in [-0.39, 0.29) is 30.5 Å². The molecule has 1 saturated carbocycles. The molecule has 0 aromatic carbocycles. The van der Waals surface area contributed by atoms with Crippen molar-refractivity contribution in [1.29, 1.82) is 5.41 Å². The summed E-state index contributed by atoms with van der Waals surface area (Å²) in [6.07, 6.45) is 4.87. The number of unbranched alkanes of at least 4 members (excludes halogenated alkanes) is 1. The van der Waals surface area contributed by atoms with Crippen LogP contribution in [-0.2, 0) is 24.6 Å². The quantitative estimate of drug-likeness (QED) is 0.164. The summed E-state index contributed by atoms with van der Waals surface area (Å²) in [4.78, 5) is 25.8. The topological polar surface area (TPSA) is 154 Å². The zero-order valence-corrected chi connectivity index (χ0v) is 23.9. The van der Waals surface area contributed by atoms with Crippen molar-refractivity contribution in [3.05, 3.63) is 38.1 Å². The summed E-state index contributed by atoms with van der Waals surface area (Å²) in [6, 6.07) is 1.11. The molecule has 0 aliphatic heterocycles. The summed E-state index contributed by atoms with van der Waals surface area (Å²) >= 11 is 0. The summed E-state index contributed by atoms with van der Waals surface area (Å²) in [6.45, 7) is 12.6. The highest BCUT2D eigenvalue weighted by atomic mass is 28.3. The first kappa shape index (κ1) is 28.8. The van der Waals surface area contributed by atoms with E-state index < -0.39 is 31.0 Å². The van der Waals surface area contributed by atoms with Gasteiger partial charge in [0, 0.05) is 33.7 Å². The molecule has 1 aliphatic carbocycles. The fraction of sp³-hybridized carbons (Fsp3) is 0.720. The molecule has 3 rings (SSSR count). The Bertz CT molecular complexity index is 1200. The lowest BCUT2D eigenvalue weighted by Crippen LogP contribution is -2.44. The van der Waals surface area contributed by atoms with Gasteiger partial charge in [-0.15, -0.1) is 10.2 Å². The van der Waals surface area contributed by atoms with Crippen LogP contribution in [0.2, 0.25) is 25.7 Å². The number of aryl methyl sites for hydroxylation is 1. The highest BCUT2D eigenvalue weighted by molar-refractivity contribution is 6.76. The van der Waals surface area contributed by atoms with Gasteiger partial charge in [-0.3, -0.25) is 23.9 Å².